The number of benzene rings is 2. The number of carbonyl (C=O) groups excluding carboxylic acids is 1. The fourth-order valence-electron chi connectivity index (χ4n) is 2.84. The third-order valence-electron chi connectivity index (χ3n) is 4.19. The van der Waals surface area contributed by atoms with Crippen molar-refractivity contribution in [3.05, 3.63) is 47.3 Å². The van der Waals surface area contributed by atoms with Gasteiger partial charge in [-0.3, -0.25) is 4.79 Å². The maximum Gasteiger partial charge on any atom is 0.252 e. The maximum atomic E-state index is 14.0. The van der Waals surface area contributed by atoms with Gasteiger partial charge in [0.05, 0.1) is 33.0 Å². The second kappa shape index (κ2) is 10.5. The van der Waals surface area contributed by atoms with E-state index >= 15 is 0 Å². The van der Waals surface area contributed by atoms with Gasteiger partial charge in [-0.2, -0.15) is 0 Å². The van der Waals surface area contributed by atoms with E-state index in [0.717, 1.165) is 0 Å². The second-order valence-electron chi connectivity index (χ2n) is 6.19. The van der Waals surface area contributed by atoms with Gasteiger partial charge in [-0.25, -0.2) is 4.39 Å². The van der Waals surface area contributed by atoms with E-state index in [4.69, 9.17) is 18.9 Å². The van der Waals surface area contributed by atoms with Crippen LogP contribution in [-0.4, -0.2) is 32.8 Å². The quantitative estimate of drug-likeness (QED) is 0.630. The van der Waals surface area contributed by atoms with Crippen molar-refractivity contribution in [2.24, 2.45) is 0 Å². The number of halogens is 1. The van der Waals surface area contributed by atoms with Gasteiger partial charge in [0.2, 0.25) is 5.75 Å². The molecule has 1 unspecified atom stereocenters. The summed E-state index contributed by atoms with van der Waals surface area (Å²) in [5.41, 5.74) is 0.985. The third-order valence-corrected chi connectivity index (χ3v) is 4.19. The molecule has 0 radical (unpaired) electrons. The standard InChI is InChI=1S/C22H28FNO5/c1-6-27-19-12-16(13-20(28-7-2)21(19)29-8-3)22(25)24-14(4)15-9-10-18(26-5)17(23)11-15/h9-14H,6-8H2,1-5H3,(H,24,25). The molecule has 0 heterocycles. The van der Waals surface area contributed by atoms with Crippen molar-refractivity contribution >= 4 is 5.91 Å². The Morgan fingerprint density at radius 1 is 0.966 bits per heavy atom. The minimum absolute atomic E-state index is 0.154. The highest BCUT2D eigenvalue weighted by molar-refractivity contribution is 5.95. The lowest BCUT2D eigenvalue weighted by molar-refractivity contribution is 0.0938. The Hall–Kier alpha value is -2.96. The Balaban J connectivity index is 2.30. The molecule has 2 aromatic carbocycles. The van der Waals surface area contributed by atoms with Gasteiger partial charge in [0.25, 0.3) is 5.91 Å². The molecule has 6 nitrogen and oxygen atoms in total. The van der Waals surface area contributed by atoms with Crippen LogP contribution in [0.15, 0.2) is 30.3 Å². The molecule has 2 rings (SSSR count). The molecule has 0 aliphatic rings. The van der Waals surface area contributed by atoms with Crippen molar-refractivity contribution < 1.29 is 28.1 Å². The lowest BCUT2D eigenvalue weighted by atomic mass is 10.1. The normalized spacial score (nSPS) is 11.5. The zero-order valence-corrected chi connectivity index (χ0v) is 17.5. The lowest BCUT2D eigenvalue weighted by Crippen LogP contribution is -2.27. The number of hydrogen-bond acceptors (Lipinski definition) is 5. The summed E-state index contributed by atoms with van der Waals surface area (Å²) in [6.07, 6.45) is 0. The molecule has 2 aromatic rings. The van der Waals surface area contributed by atoms with E-state index in [-0.39, 0.29) is 11.7 Å². The van der Waals surface area contributed by atoms with E-state index in [1.165, 1.54) is 19.2 Å². The summed E-state index contributed by atoms with van der Waals surface area (Å²) in [5.74, 6) is 0.685. The Morgan fingerprint density at radius 3 is 2.03 bits per heavy atom. The van der Waals surface area contributed by atoms with Crippen LogP contribution in [0.2, 0.25) is 0 Å². The molecule has 0 aromatic heterocycles. The Kier molecular flexibility index (Phi) is 8.12. The fourth-order valence-corrected chi connectivity index (χ4v) is 2.84. The van der Waals surface area contributed by atoms with Crippen LogP contribution >= 0.6 is 0 Å². The van der Waals surface area contributed by atoms with Crippen molar-refractivity contribution in [1.82, 2.24) is 5.32 Å². The highest BCUT2D eigenvalue weighted by atomic mass is 19.1. The predicted molar refractivity (Wildman–Crippen MR) is 109 cm³/mol. The molecule has 0 fully saturated rings. The topological polar surface area (TPSA) is 66.0 Å². The SMILES string of the molecule is CCOc1cc(C(=O)NC(C)c2ccc(OC)c(F)c2)cc(OCC)c1OCC. The molecule has 0 aliphatic heterocycles. The van der Waals surface area contributed by atoms with Crippen molar-refractivity contribution in [3.63, 3.8) is 0 Å². The average Bonchev–Trinajstić information content (AvgIpc) is 2.70. The van der Waals surface area contributed by atoms with Gasteiger partial charge in [0.15, 0.2) is 23.1 Å². The fraction of sp³-hybridized carbons (Fsp3) is 0.409. The molecular formula is C22H28FNO5. The number of methoxy groups -OCH3 is 1. The maximum absolute atomic E-state index is 14.0. The Labute approximate surface area is 170 Å². The first-order valence-corrected chi connectivity index (χ1v) is 9.65. The summed E-state index contributed by atoms with van der Waals surface area (Å²) in [5, 5.41) is 2.87. The van der Waals surface area contributed by atoms with Crippen LogP contribution in [0.3, 0.4) is 0 Å². The largest absolute Gasteiger partial charge is 0.494 e. The summed E-state index contributed by atoms with van der Waals surface area (Å²) in [6.45, 7) is 8.61. The number of carbonyl (C=O) groups is 1. The van der Waals surface area contributed by atoms with E-state index in [2.05, 4.69) is 5.32 Å². The van der Waals surface area contributed by atoms with Gasteiger partial charge in [-0.05, 0) is 57.5 Å². The highest BCUT2D eigenvalue weighted by Gasteiger charge is 2.20. The van der Waals surface area contributed by atoms with Gasteiger partial charge in [-0.15, -0.1) is 0 Å². The molecule has 7 heteroatoms. The van der Waals surface area contributed by atoms with Gasteiger partial charge in [-0.1, -0.05) is 6.07 Å². The summed E-state index contributed by atoms with van der Waals surface area (Å²) in [6, 6.07) is 7.41. The molecular weight excluding hydrogens is 377 g/mol. The van der Waals surface area contributed by atoms with Gasteiger partial charge >= 0.3 is 0 Å². The average molecular weight is 405 g/mol. The molecule has 0 bridgehead atoms. The number of amides is 1. The summed E-state index contributed by atoms with van der Waals surface area (Å²) in [4.78, 5) is 12.8. The number of rotatable bonds is 10. The zero-order chi connectivity index (χ0) is 21.4. The number of hydrogen-bond donors (Lipinski definition) is 1. The van der Waals surface area contributed by atoms with Crippen LogP contribution in [0.5, 0.6) is 23.0 Å². The third kappa shape index (κ3) is 5.53. The van der Waals surface area contributed by atoms with Crippen molar-refractivity contribution in [2.75, 3.05) is 26.9 Å². The van der Waals surface area contributed by atoms with Crippen LogP contribution in [0.1, 0.15) is 49.7 Å². The summed E-state index contributed by atoms with van der Waals surface area (Å²) in [7, 11) is 1.40. The van der Waals surface area contributed by atoms with Crippen LogP contribution in [-0.2, 0) is 0 Å². The number of nitrogens with one attached hydrogen (secondary N) is 1. The van der Waals surface area contributed by atoms with Crippen molar-refractivity contribution in [2.45, 2.75) is 33.7 Å². The van der Waals surface area contributed by atoms with Gasteiger partial charge in [0, 0.05) is 5.56 Å². The van der Waals surface area contributed by atoms with Crippen LogP contribution in [0, 0.1) is 5.82 Å². The smallest absolute Gasteiger partial charge is 0.252 e. The molecule has 29 heavy (non-hydrogen) atoms. The molecule has 158 valence electrons. The molecule has 0 spiro atoms. The number of ether oxygens (including phenoxy) is 4. The first kappa shape index (κ1) is 22.3. The minimum Gasteiger partial charge on any atom is -0.494 e. The Bertz CT molecular complexity index is 813. The van der Waals surface area contributed by atoms with E-state index in [1.807, 2.05) is 20.8 Å². The van der Waals surface area contributed by atoms with E-state index in [9.17, 15) is 9.18 Å². The summed E-state index contributed by atoms with van der Waals surface area (Å²) < 4.78 is 35.9. The van der Waals surface area contributed by atoms with Gasteiger partial charge in [0.1, 0.15) is 0 Å². The van der Waals surface area contributed by atoms with Crippen LogP contribution < -0.4 is 24.3 Å². The monoisotopic (exact) mass is 405 g/mol. The summed E-state index contributed by atoms with van der Waals surface area (Å²) >= 11 is 0. The minimum atomic E-state index is -0.482. The van der Waals surface area contributed by atoms with Crippen molar-refractivity contribution in [3.8, 4) is 23.0 Å². The van der Waals surface area contributed by atoms with Crippen LogP contribution in [0.4, 0.5) is 4.39 Å². The Morgan fingerprint density at radius 2 is 1.55 bits per heavy atom. The highest BCUT2D eigenvalue weighted by Crippen LogP contribution is 2.39. The van der Waals surface area contributed by atoms with Crippen molar-refractivity contribution in [1.29, 1.82) is 0 Å². The van der Waals surface area contributed by atoms with E-state index in [0.29, 0.717) is 48.2 Å². The first-order valence-electron chi connectivity index (χ1n) is 9.65. The second-order valence-corrected chi connectivity index (χ2v) is 6.19. The molecule has 0 saturated heterocycles. The molecule has 1 amide bonds. The predicted octanol–water partition coefficient (Wildman–Crippen LogP) is 4.52. The molecule has 0 saturated carbocycles. The van der Waals surface area contributed by atoms with Gasteiger partial charge < -0.3 is 24.3 Å². The molecule has 1 N–H and O–H groups in total. The van der Waals surface area contributed by atoms with Crippen LogP contribution in [0.25, 0.3) is 0 Å². The van der Waals surface area contributed by atoms with E-state index < -0.39 is 11.9 Å². The molecule has 1 atom stereocenters. The first-order chi connectivity index (χ1) is 13.9. The zero-order valence-electron chi connectivity index (χ0n) is 17.5. The van der Waals surface area contributed by atoms with E-state index in [1.54, 1.807) is 25.1 Å². The molecule has 0 aliphatic carbocycles. The lowest BCUT2D eigenvalue weighted by Gasteiger charge is -2.19.